The fourth-order valence-electron chi connectivity index (χ4n) is 4.17. The van der Waals surface area contributed by atoms with Gasteiger partial charge in [0.25, 0.3) is 0 Å². The molecule has 1 aromatic rings. The van der Waals surface area contributed by atoms with Gasteiger partial charge in [-0.3, -0.25) is 0 Å². The predicted molar refractivity (Wildman–Crippen MR) is 108 cm³/mol. The number of hydrogen-bond donors (Lipinski definition) is 0. The Morgan fingerprint density at radius 2 is 1.68 bits per heavy atom. The Labute approximate surface area is 154 Å². The first-order valence-corrected chi connectivity index (χ1v) is 10.2. The first-order valence-electron chi connectivity index (χ1n) is 10.2. The van der Waals surface area contributed by atoms with Crippen molar-refractivity contribution in [2.45, 2.75) is 76.7 Å². The molecule has 1 atom stereocenters. The summed E-state index contributed by atoms with van der Waals surface area (Å²) >= 11 is 0. The quantitative estimate of drug-likeness (QED) is 0.562. The molecular weight excluding hydrogens is 302 g/mol. The Morgan fingerprint density at radius 1 is 0.960 bits per heavy atom. The van der Waals surface area contributed by atoms with Crippen LogP contribution < -0.4 is 0 Å². The van der Waals surface area contributed by atoms with Crippen molar-refractivity contribution in [1.82, 2.24) is 4.90 Å². The molecular formula is C24H33N. The van der Waals surface area contributed by atoms with Crippen molar-refractivity contribution >= 4 is 0 Å². The topological polar surface area (TPSA) is 3.24 Å². The molecule has 1 fully saturated rings. The molecule has 1 heterocycles. The second kappa shape index (κ2) is 9.65. The number of nitrogens with zero attached hydrogens (tertiary/aromatic N) is 1. The smallest absolute Gasteiger partial charge is 0.0330 e. The van der Waals surface area contributed by atoms with Gasteiger partial charge >= 0.3 is 0 Å². The van der Waals surface area contributed by atoms with E-state index in [0.29, 0.717) is 12.0 Å². The Balaban J connectivity index is 1.63. The van der Waals surface area contributed by atoms with Gasteiger partial charge in [0.05, 0.1) is 0 Å². The SMILES string of the molecule is CCC(CC1=CC=CN(C2CCCCCCC2)C=C1)c1ccccc1. The van der Waals surface area contributed by atoms with E-state index >= 15 is 0 Å². The Hall–Kier alpha value is -1.76. The molecule has 0 bridgehead atoms. The standard InChI is InChI=1S/C24H33N/c1-2-22(23-13-7-6-8-14-23)20-21-12-11-18-25(19-17-21)24-15-9-4-3-5-10-16-24/h6-8,11-14,17-19,22,24H,2-5,9-10,15-16,20H2,1H3. The lowest BCUT2D eigenvalue weighted by Gasteiger charge is -2.29. The van der Waals surface area contributed by atoms with Gasteiger partial charge in [-0.1, -0.05) is 75.4 Å². The fraction of sp³-hybridized carbons (Fsp3) is 0.500. The van der Waals surface area contributed by atoms with Crippen LogP contribution in [0.25, 0.3) is 0 Å². The first kappa shape index (κ1) is 18.0. The lowest BCUT2D eigenvalue weighted by molar-refractivity contribution is 0.293. The van der Waals surface area contributed by atoms with Crippen molar-refractivity contribution in [2.75, 3.05) is 0 Å². The van der Waals surface area contributed by atoms with E-state index < -0.39 is 0 Å². The van der Waals surface area contributed by atoms with Crippen LogP contribution in [0.2, 0.25) is 0 Å². The third-order valence-electron chi connectivity index (χ3n) is 5.77. The highest BCUT2D eigenvalue weighted by Crippen LogP contribution is 2.29. The second-order valence-electron chi connectivity index (χ2n) is 7.56. The molecule has 0 aromatic heterocycles. The molecule has 1 aliphatic carbocycles. The molecule has 2 aliphatic rings. The van der Waals surface area contributed by atoms with E-state index in [0.717, 1.165) is 6.42 Å². The Morgan fingerprint density at radius 3 is 2.40 bits per heavy atom. The fourth-order valence-corrected chi connectivity index (χ4v) is 4.17. The highest BCUT2D eigenvalue weighted by molar-refractivity contribution is 5.30. The third kappa shape index (κ3) is 5.36. The van der Waals surface area contributed by atoms with Crippen LogP contribution in [-0.4, -0.2) is 10.9 Å². The summed E-state index contributed by atoms with van der Waals surface area (Å²) in [7, 11) is 0. The van der Waals surface area contributed by atoms with E-state index in [1.165, 1.54) is 62.5 Å². The van der Waals surface area contributed by atoms with Gasteiger partial charge in [0.1, 0.15) is 0 Å². The molecule has 0 radical (unpaired) electrons. The molecule has 0 amide bonds. The van der Waals surface area contributed by atoms with Crippen LogP contribution in [0.5, 0.6) is 0 Å². The van der Waals surface area contributed by atoms with Crippen molar-refractivity contribution in [1.29, 1.82) is 0 Å². The van der Waals surface area contributed by atoms with Gasteiger partial charge in [-0.25, -0.2) is 0 Å². The summed E-state index contributed by atoms with van der Waals surface area (Å²) in [5.74, 6) is 0.610. The molecule has 1 saturated carbocycles. The molecule has 1 nitrogen and oxygen atoms in total. The van der Waals surface area contributed by atoms with E-state index in [4.69, 9.17) is 0 Å². The molecule has 0 saturated heterocycles. The number of allylic oxidation sites excluding steroid dienone is 4. The lowest BCUT2D eigenvalue weighted by Crippen LogP contribution is -2.26. The van der Waals surface area contributed by atoms with Crippen molar-refractivity contribution in [3.63, 3.8) is 0 Å². The summed E-state index contributed by atoms with van der Waals surface area (Å²) < 4.78 is 0. The summed E-state index contributed by atoms with van der Waals surface area (Å²) in [5.41, 5.74) is 2.91. The molecule has 1 heteroatoms. The lowest BCUT2D eigenvalue weighted by atomic mass is 9.89. The van der Waals surface area contributed by atoms with Gasteiger partial charge in [0.15, 0.2) is 0 Å². The highest BCUT2D eigenvalue weighted by atomic mass is 15.1. The van der Waals surface area contributed by atoms with Gasteiger partial charge in [-0.2, -0.15) is 0 Å². The van der Waals surface area contributed by atoms with Gasteiger partial charge in [-0.15, -0.1) is 0 Å². The maximum atomic E-state index is 2.47. The molecule has 134 valence electrons. The van der Waals surface area contributed by atoms with Crippen LogP contribution in [0.4, 0.5) is 0 Å². The Bertz CT molecular complexity index is 588. The zero-order valence-electron chi connectivity index (χ0n) is 15.7. The van der Waals surface area contributed by atoms with Crippen LogP contribution >= 0.6 is 0 Å². The zero-order valence-corrected chi connectivity index (χ0v) is 15.7. The minimum Gasteiger partial charge on any atom is -0.351 e. The van der Waals surface area contributed by atoms with Gasteiger partial charge in [-0.05, 0) is 54.9 Å². The van der Waals surface area contributed by atoms with E-state index in [1.807, 2.05) is 0 Å². The van der Waals surface area contributed by atoms with Crippen molar-refractivity contribution < 1.29 is 0 Å². The maximum absolute atomic E-state index is 2.47. The molecule has 1 aliphatic heterocycles. The van der Waals surface area contributed by atoms with Crippen molar-refractivity contribution in [2.24, 2.45) is 0 Å². The van der Waals surface area contributed by atoms with E-state index in [1.54, 1.807) is 0 Å². The average Bonchev–Trinajstić information content (AvgIpc) is 2.86. The first-order chi connectivity index (χ1) is 12.4. The van der Waals surface area contributed by atoms with Crippen LogP contribution in [-0.2, 0) is 0 Å². The van der Waals surface area contributed by atoms with Crippen LogP contribution in [0.1, 0.15) is 76.2 Å². The van der Waals surface area contributed by atoms with Gasteiger partial charge in [0, 0.05) is 18.4 Å². The maximum Gasteiger partial charge on any atom is 0.0330 e. The summed E-state index contributed by atoms with van der Waals surface area (Å²) in [6.45, 7) is 2.30. The number of rotatable bonds is 5. The van der Waals surface area contributed by atoms with E-state index in [2.05, 4.69) is 72.8 Å². The monoisotopic (exact) mass is 335 g/mol. The zero-order chi connectivity index (χ0) is 17.3. The van der Waals surface area contributed by atoms with Crippen LogP contribution in [0.15, 0.2) is 66.5 Å². The normalized spacial score (nSPS) is 20.5. The summed E-state index contributed by atoms with van der Waals surface area (Å²) in [4.78, 5) is 2.47. The van der Waals surface area contributed by atoms with E-state index in [-0.39, 0.29) is 0 Å². The van der Waals surface area contributed by atoms with Crippen molar-refractivity contribution in [3.05, 3.63) is 72.1 Å². The second-order valence-corrected chi connectivity index (χ2v) is 7.56. The number of hydrogen-bond acceptors (Lipinski definition) is 1. The largest absolute Gasteiger partial charge is 0.351 e. The molecule has 0 spiro atoms. The van der Waals surface area contributed by atoms with Gasteiger partial charge < -0.3 is 4.90 Å². The Kier molecular flexibility index (Phi) is 6.97. The third-order valence-corrected chi connectivity index (χ3v) is 5.77. The minimum atomic E-state index is 0.610. The molecule has 25 heavy (non-hydrogen) atoms. The number of benzene rings is 1. The molecule has 1 aromatic carbocycles. The summed E-state index contributed by atoms with van der Waals surface area (Å²) in [6.07, 6.45) is 23.6. The molecule has 1 unspecified atom stereocenters. The minimum absolute atomic E-state index is 0.610. The van der Waals surface area contributed by atoms with Crippen LogP contribution in [0.3, 0.4) is 0 Å². The predicted octanol–water partition coefficient (Wildman–Crippen LogP) is 6.95. The summed E-state index contributed by atoms with van der Waals surface area (Å²) in [5, 5.41) is 0. The van der Waals surface area contributed by atoms with Crippen LogP contribution in [0, 0.1) is 0 Å². The summed E-state index contributed by atoms with van der Waals surface area (Å²) in [6, 6.07) is 11.7. The van der Waals surface area contributed by atoms with Crippen molar-refractivity contribution in [3.8, 4) is 0 Å². The highest BCUT2D eigenvalue weighted by Gasteiger charge is 2.16. The average molecular weight is 336 g/mol. The molecule has 3 rings (SSSR count). The van der Waals surface area contributed by atoms with Gasteiger partial charge in [0.2, 0.25) is 0 Å². The van der Waals surface area contributed by atoms with E-state index in [9.17, 15) is 0 Å². The molecule has 0 N–H and O–H groups in total.